The summed E-state index contributed by atoms with van der Waals surface area (Å²) in [7, 11) is 0. The largest absolute Gasteiger partial charge is 0.399 e. The van der Waals surface area contributed by atoms with Crippen LogP contribution in [0, 0.1) is 6.92 Å². The van der Waals surface area contributed by atoms with Crippen LogP contribution in [0.15, 0.2) is 28.8 Å². The van der Waals surface area contributed by atoms with E-state index >= 15 is 0 Å². The molecule has 0 aliphatic heterocycles. The standard InChI is InChI=1S/C12H10N4O2S/c1-6-14-12(18-16-6)15-11(17)10-5-7-4-8(13)2-3-9(7)19-10/h2-5H,13H2,1H3,(H,14,15,16,17). The average molecular weight is 274 g/mol. The maximum absolute atomic E-state index is 12.0. The molecule has 0 aliphatic carbocycles. The van der Waals surface area contributed by atoms with Crippen LogP contribution < -0.4 is 11.1 Å². The summed E-state index contributed by atoms with van der Waals surface area (Å²) >= 11 is 1.38. The highest BCUT2D eigenvalue weighted by Gasteiger charge is 2.13. The van der Waals surface area contributed by atoms with Crippen molar-refractivity contribution in [3.05, 3.63) is 35.0 Å². The third kappa shape index (κ3) is 2.27. The van der Waals surface area contributed by atoms with Crippen LogP contribution in [0.3, 0.4) is 0 Å². The van der Waals surface area contributed by atoms with E-state index in [1.165, 1.54) is 11.3 Å². The van der Waals surface area contributed by atoms with Crippen molar-refractivity contribution >= 4 is 39.0 Å². The molecular weight excluding hydrogens is 264 g/mol. The minimum atomic E-state index is -0.275. The van der Waals surface area contributed by atoms with Gasteiger partial charge in [0.25, 0.3) is 5.91 Å². The monoisotopic (exact) mass is 274 g/mol. The Hall–Kier alpha value is -2.41. The fraction of sp³-hybridized carbons (Fsp3) is 0.0833. The van der Waals surface area contributed by atoms with Gasteiger partial charge in [0.1, 0.15) is 0 Å². The van der Waals surface area contributed by atoms with Crippen molar-refractivity contribution < 1.29 is 9.32 Å². The van der Waals surface area contributed by atoms with Crippen molar-refractivity contribution in [2.45, 2.75) is 6.92 Å². The number of nitrogens with one attached hydrogen (secondary N) is 1. The summed E-state index contributed by atoms with van der Waals surface area (Å²) in [6, 6.07) is 7.42. The summed E-state index contributed by atoms with van der Waals surface area (Å²) in [5.74, 6) is 0.197. The number of carbonyl (C=O) groups excluding carboxylic acids is 1. The molecule has 0 radical (unpaired) electrons. The summed E-state index contributed by atoms with van der Waals surface area (Å²) in [6.45, 7) is 1.68. The zero-order valence-electron chi connectivity index (χ0n) is 10.0. The Bertz CT molecular complexity index is 762. The summed E-state index contributed by atoms with van der Waals surface area (Å²) < 4.78 is 5.84. The molecule has 0 saturated heterocycles. The predicted octanol–water partition coefficient (Wildman–Crippen LogP) is 2.43. The number of anilines is 2. The topological polar surface area (TPSA) is 94.0 Å². The van der Waals surface area contributed by atoms with Gasteiger partial charge >= 0.3 is 6.01 Å². The maximum atomic E-state index is 12.0. The van der Waals surface area contributed by atoms with Gasteiger partial charge in [-0.05, 0) is 36.6 Å². The van der Waals surface area contributed by atoms with Crippen LogP contribution in [-0.2, 0) is 0 Å². The van der Waals surface area contributed by atoms with Crippen molar-refractivity contribution in [1.82, 2.24) is 10.1 Å². The van der Waals surface area contributed by atoms with Crippen LogP contribution in [0.1, 0.15) is 15.5 Å². The van der Waals surface area contributed by atoms with Crippen LogP contribution in [0.25, 0.3) is 10.1 Å². The molecule has 19 heavy (non-hydrogen) atoms. The molecule has 0 atom stereocenters. The van der Waals surface area contributed by atoms with Crippen LogP contribution in [-0.4, -0.2) is 16.0 Å². The molecular formula is C12H10N4O2S. The van der Waals surface area contributed by atoms with Gasteiger partial charge in [-0.3, -0.25) is 10.1 Å². The summed E-state index contributed by atoms with van der Waals surface area (Å²) in [5, 5.41) is 7.10. The molecule has 96 valence electrons. The number of rotatable bonds is 2. The molecule has 2 aromatic heterocycles. The van der Waals surface area contributed by atoms with Crippen molar-refractivity contribution in [2.24, 2.45) is 0 Å². The molecule has 3 rings (SSSR count). The van der Waals surface area contributed by atoms with Crippen molar-refractivity contribution in [3.63, 3.8) is 0 Å². The molecule has 7 heteroatoms. The molecule has 0 saturated carbocycles. The lowest BCUT2D eigenvalue weighted by atomic mass is 10.2. The highest BCUT2D eigenvalue weighted by Crippen LogP contribution is 2.27. The fourth-order valence-electron chi connectivity index (χ4n) is 1.68. The molecule has 1 aromatic carbocycles. The Morgan fingerprint density at radius 3 is 3.00 bits per heavy atom. The average Bonchev–Trinajstić information content (AvgIpc) is 2.95. The number of fused-ring (bicyclic) bond motifs is 1. The Kier molecular flexibility index (Phi) is 2.68. The van der Waals surface area contributed by atoms with Gasteiger partial charge in [0.15, 0.2) is 5.82 Å². The lowest BCUT2D eigenvalue weighted by Crippen LogP contribution is -2.10. The number of hydrogen-bond donors (Lipinski definition) is 2. The first kappa shape index (κ1) is 11.7. The summed E-state index contributed by atoms with van der Waals surface area (Å²) in [4.78, 5) is 16.5. The number of hydrogen-bond acceptors (Lipinski definition) is 6. The number of carbonyl (C=O) groups is 1. The van der Waals surface area contributed by atoms with Crippen molar-refractivity contribution in [1.29, 1.82) is 0 Å². The first-order chi connectivity index (χ1) is 9.11. The zero-order chi connectivity index (χ0) is 13.4. The number of thiophene rings is 1. The van der Waals surface area contributed by atoms with E-state index in [9.17, 15) is 4.79 Å². The normalized spacial score (nSPS) is 10.8. The molecule has 1 amide bonds. The molecule has 2 heterocycles. The minimum absolute atomic E-state index is 0.0967. The molecule has 0 aliphatic rings. The van der Waals surface area contributed by atoms with E-state index in [2.05, 4.69) is 15.5 Å². The Labute approximate surface area is 112 Å². The Morgan fingerprint density at radius 1 is 1.42 bits per heavy atom. The van der Waals surface area contributed by atoms with Gasteiger partial charge < -0.3 is 10.3 Å². The van der Waals surface area contributed by atoms with E-state index < -0.39 is 0 Å². The molecule has 6 nitrogen and oxygen atoms in total. The SMILES string of the molecule is Cc1noc(NC(=O)c2cc3cc(N)ccc3s2)n1. The molecule has 0 unspecified atom stereocenters. The molecule has 0 bridgehead atoms. The first-order valence-corrected chi connectivity index (χ1v) is 6.34. The number of nitrogens with zero attached hydrogens (tertiary/aromatic N) is 2. The minimum Gasteiger partial charge on any atom is -0.399 e. The maximum Gasteiger partial charge on any atom is 0.328 e. The Morgan fingerprint density at radius 2 is 2.26 bits per heavy atom. The van der Waals surface area contributed by atoms with Crippen molar-refractivity contribution in [2.75, 3.05) is 11.1 Å². The zero-order valence-corrected chi connectivity index (χ0v) is 10.8. The third-order valence-corrected chi connectivity index (χ3v) is 3.63. The quantitative estimate of drug-likeness (QED) is 0.700. The van der Waals surface area contributed by atoms with Gasteiger partial charge in [-0.15, -0.1) is 11.3 Å². The number of nitrogen functional groups attached to an aromatic ring is 1. The number of amides is 1. The third-order valence-electron chi connectivity index (χ3n) is 2.51. The second kappa shape index (κ2) is 4.36. The lowest BCUT2D eigenvalue weighted by molar-refractivity contribution is 0.102. The number of aromatic nitrogens is 2. The van der Waals surface area contributed by atoms with Gasteiger partial charge in [-0.25, -0.2) is 0 Å². The van der Waals surface area contributed by atoms with Crippen LogP contribution >= 0.6 is 11.3 Å². The number of benzene rings is 1. The van der Waals surface area contributed by atoms with Gasteiger partial charge in [0.05, 0.1) is 4.88 Å². The predicted molar refractivity (Wildman–Crippen MR) is 73.2 cm³/mol. The second-order valence-electron chi connectivity index (χ2n) is 4.01. The smallest absolute Gasteiger partial charge is 0.328 e. The van der Waals surface area contributed by atoms with E-state index in [0.29, 0.717) is 16.4 Å². The fourth-order valence-corrected chi connectivity index (χ4v) is 2.62. The highest BCUT2D eigenvalue weighted by atomic mass is 32.1. The van der Waals surface area contributed by atoms with E-state index in [1.807, 2.05) is 18.2 Å². The van der Waals surface area contributed by atoms with Gasteiger partial charge in [0, 0.05) is 10.4 Å². The number of aryl methyl sites for hydroxylation is 1. The van der Waals surface area contributed by atoms with E-state index in [1.54, 1.807) is 13.0 Å². The van der Waals surface area contributed by atoms with Crippen LogP contribution in [0.2, 0.25) is 0 Å². The molecule has 0 fully saturated rings. The highest BCUT2D eigenvalue weighted by molar-refractivity contribution is 7.20. The lowest BCUT2D eigenvalue weighted by Gasteiger charge is -1.94. The van der Waals surface area contributed by atoms with Gasteiger partial charge in [-0.2, -0.15) is 4.98 Å². The number of nitrogens with two attached hydrogens (primary N) is 1. The van der Waals surface area contributed by atoms with Gasteiger partial charge in [0.2, 0.25) is 0 Å². The van der Waals surface area contributed by atoms with E-state index in [-0.39, 0.29) is 11.9 Å². The van der Waals surface area contributed by atoms with Crippen LogP contribution in [0.5, 0.6) is 0 Å². The van der Waals surface area contributed by atoms with Crippen LogP contribution in [0.4, 0.5) is 11.7 Å². The van der Waals surface area contributed by atoms with Crippen molar-refractivity contribution in [3.8, 4) is 0 Å². The van der Waals surface area contributed by atoms with Gasteiger partial charge in [-0.1, -0.05) is 5.16 Å². The summed E-state index contributed by atoms with van der Waals surface area (Å²) in [6.07, 6.45) is 0. The first-order valence-electron chi connectivity index (χ1n) is 5.52. The van der Waals surface area contributed by atoms with E-state index in [0.717, 1.165) is 10.1 Å². The van der Waals surface area contributed by atoms with E-state index in [4.69, 9.17) is 10.3 Å². The Balaban J connectivity index is 1.89. The summed E-state index contributed by atoms with van der Waals surface area (Å²) in [5.41, 5.74) is 6.38. The molecule has 3 aromatic rings. The second-order valence-corrected chi connectivity index (χ2v) is 5.09. The molecule has 0 spiro atoms. The molecule has 3 N–H and O–H groups in total.